The molecule has 0 rings (SSSR count). The fourth-order valence-electron chi connectivity index (χ4n) is 1.08. The van der Waals surface area contributed by atoms with Crippen molar-refractivity contribution in [1.82, 2.24) is 4.90 Å². The van der Waals surface area contributed by atoms with Gasteiger partial charge in [0, 0.05) is 13.6 Å². The van der Waals surface area contributed by atoms with Crippen LogP contribution in [0.2, 0.25) is 0 Å². The van der Waals surface area contributed by atoms with E-state index in [4.69, 9.17) is 5.73 Å². The monoisotopic (exact) mass is 172 g/mol. The molecule has 0 aliphatic rings. The minimum absolute atomic E-state index is 0.0509. The molecule has 0 heterocycles. The van der Waals surface area contributed by atoms with E-state index in [-0.39, 0.29) is 5.91 Å². The lowest BCUT2D eigenvalue weighted by Gasteiger charge is -2.29. The summed E-state index contributed by atoms with van der Waals surface area (Å²) in [4.78, 5) is 13.3. The topological polar surface area (TPSA) is 46.3 Å². The van der Waals surface area contributed by atoms with Crippen LogP contribution in [0.4, 0.5) is 0 Å². The van der Waals surface area contributed by atoms with Crippen LogP contribution in [0.25, 0.3) is 0 Å². The SMILES string of the molecule is CCN(C)C(=O)C(N)(CC)CC. The summed E-state index contributed by atoms with van der Waals surface area (Å²) in [6, 6.07) is 0. The smallest absolute Gasteiger partial charge is 0.242 e. The van der Waals surface area contributed by atoms with Crippen LogP contribution in [-0.4, -0.2) is 29.9 Å². The van der Waals surface area contributed by atoms with Gasteiger partial charge in [-0.25, -0.2) is 0 Å². The number of rotatable bonds is 4. The third kappa shape index (κ3) is 2.21. The normalized spacial score (nSPS) is 11.4. The van der Waals surface area contributed by atoms with Crippen LogP contribution in [0.1, 0.15) is 33.6 Å². The van der Waals surface area contributed by atoms with E-state index in [9.17, 15) is 4.79 Å². The maximum Gasteiger partial charge on any atom is 0.242 e. The van der Waals surface area contributed by atoms with Crippen LogP contribution in [0.5, 0.6) is 0 Å². The van der Waals surface area contributed by atoms with Crippen molar-refractivity contribution >= 4 is 5.91 Å². The number of carbonyl (C=O) groups is 1. The first-order valence-corrected chi connectivity index (χ1v) is 4.56. The van der Waals surface area contributed by atoms with Crippen LogP contribution in [0, 0.1) is 0 Å². The Morgan fingerprint density at radius 2 is 1.75 bits per heavy atom. The van der Waals surface area contributed by atoms with Crippen LogP contribution < -0.4 is 5.73 Å². The van der Waals surface area contributed by atoms with Gasteiger partial charge >= 0.3 is 0 Å². The molecule has 0 unspecified atom stereocenters. The molecule has 1 amide bonds. The molecule has 3 nitrogen and oxygen atoms in total. The molecule has 0 bridgehead atoms. The molecule has 0 fully saturated rings. The molecule has 2 N–H and O–H groups in total. The number of carbonyl (C=O) groups excluding carboxylic acids is 1. The summed E-state index contributed by atoms with van der Waals surface area (Å²) in [6.45, 7) is 6.57. The largest absolute Gasteiger partial charge is 0.344 e. The van der Waals surface area contributed by atoms with Gasteiger partial charge in [-0.3, -0.25) is 4.79 Å². The zero-order valence-electron chi connectivity index (χ0n) is 8.55. The van der Waals surface area contributed by atoms with Gasteiger partial charge in [-0.05, 0) is 19.8 Å². The number of hydrogen-bond acceptors (Lipinski definition) is 2. The Bertz CT molecular complexity index is 153. The van der Waals surface area contributed by atoms with Crippen LogP contribution in [0.15, 0.2) is 0 Å². The molecular weight excluding hydrogens is 152 g/mol. The first-order chi connectivity index (χ1) is 5.51. The first-order valence-electron chi connectivity index (χ1n) is 4.56. The van der Waals surface area contributed by atoms with Crippen molar-refractivity contribution in [1.29, 1.82) is 0 Å². The summed E-state index contributed by atoms with van der Waals surface area (Å²) in [5.41, 5.74) is 5.28. The zero-order chi connectivity index (χ0) is 9.78. The second-order valence-corrected chi connectivity index (χ2v) is 3.18. The number of nitrogens with two attached hydrogens (primary N) is 1. The highest BCUT2D eigenvalue weighted by atomic mass is 16.2. The van der Waals surface area contributed by atoms with Crippen molar-refractivity contribution in [3.05, 3.63) is 0 Å². The maximum absolute atomic E-state index is 11.7. The minimum Gasteiger partial charge on any atom is -0.344 e. The molecule has 0 aromatic heterocycles. The molecule has 0 atom stereocenters. The molecule has 0 radical (unpaired) electrons. The van der Waals surface area contributed by atoms with Gasteiger partial charge in [0.2, 0.25) is 5.91 Å². The van der Waals surface area contributed by atoms with Gasteiger partial charge in [0.1, 0.15) is 0 Å². The Labute approximate surface area is 74.9 Å². The van der Waals surface area contributed by atoms with Crippen LogP contribution in [0.3, 0.4) is 0 Å². The standard InChI is InChI=1S/C9H20N2O/c1-5-9(10,6-2)8(12)11(4)7-3/h5-7,10H2,1-4H3. The van der Waals surface area contributed by atoms with E-state index >= 15 is 0 Å². The van der Waals surface area contributed by atoms with Crippen molar-refractivity contribution in [3.63, 3.8) is 0 Å². The Kier molecular flexibility index (Phi) is 4.24. The average molecular weight is 172 g/mol. The minimum atomic E-state index is -0.648. The summed E-state index contributed by atoms with van der Waals surface area (Å²) in [7, 11) is 1.79. The lowest BCUT2D eigenvalue weighted by molar-refractivity contribution is -0.135. The first kappa shape index (κ1) is 11.4. The molecule has 72 valence electrons. The number of nitrogens with zero attached hydrogens (tertiary/aromatic N) is 1. The van der Waals surface area contributed by atoms with E-state index in [0.717, 1.165) is 6.54 Å². The van der Waals surface area contributed by atoms with Crippen molar-refractivity contribution < 1.29 is 4.79 Å². The number of likely N-dealkylation sites (N-methyl/N-ethyl adjacent to an activating group) is 1. The molecule has 0 spiro atoms. The fourth-order valence-corrected chi connectivity index (χ4v) is 1.08. The van der Waals surface area contributed by atoms with Gasteiger partial charge < -0.3 is 10.6 Å². The highest BCUT2D eigenvalue weighted by Gasteiger charge is 2.31. The average Bonchev–Trinajstić information content (AvgIpc) is 2.14. The molecule has 0 saturated heterocycles. The maximum atomic E-state index is 11.7. The van der Waals surface area contributed by atoms with E-state index in [1.54, 1.807) is 11.9 Å². The molecular formula is C9H20N2O. The van der Waals surface area contributed by atoms with E-state index in [1.807, 2.05) is 20.8 Å². The quantitative estimate of drug-likeness (QED) is 0.687. The van der Waals surface area contributed by atoms with Crippen LogP contribution in [-0.2, 0) is 4.79 Å². The highest BCUT2D eigenvalue weighted by molar-refractivity contribution is 5.85. The number of hydrogen-bond donors (Lipinski definition) is 1. The molecule has 0 aromatic carbocycles. The van der Waals surface area contributed by atoms with E-state index in [0.29, 0.717) is 12.8 Å². The van der Waals surface area contributed by atoms with Crippen molar-refractivity contribution in [3.8, 4) is 0 Å². The predicted molar refractivity (Wildman–Crippen MR) is 50.8 cm³/mol. The Morgan fingerprint density at radius 3 is 2.00 bits per heavy atom. The molecule has 3 heteroatoms. The lowest BCUT2D eigenvalue weighted by Crippen LogP contribution is -2.53. The summed E-state index contributed by atoms with van der Waals surface area (Å²) >= 11 is 0. The fraction of sp³-hybridized carbons (Fsp3) is 0.889. The predicted octanol–water partition coefficient (Wildman–Crippen LogP) is 0.982. The van der Waals surface area contributed by atoms with Crippen molar-refractivity contribution in [2.75, 3.05) is 13.6 Å². The van der Waals surface area contributed by atoms with Gasteiger partial charge in [-0.2, -0.15) is 0 Å². The number of amides is 1. The van der Waals surface area contributed by atoms with Crippen molar-refractivity contribution in [2.45, 2.75) is 39.2 Å². The molecule has 0 aromatic rings. The summed E-state index contributed by atoms with van der Waals surface area (Å²) in [5, 5.41) is 0. The second-order valence-electron chi connectivity index (χ2n) is 3.18. The van der Waals surface area contributed by atoms with Crippen molar-refractivity contribution in [2.24, 2.45) is 5.73 Å². The summed E-state index contributed by atoms with van der Waals surface area (Å²) in [5.74, 6) is 0.0509. The Morgan fingerprint density at radius 1 is 1.33 bits per heavy atom. The van der Waals surface area contributed by atoms with E-state index in [1.165, 1.54) is 0 Å². The van der Waals surface area contributed by atoms with Gasteiger partial charge in [0.15, 0.2) is 0 Å². The Hall–Kier alpha value is -0.570. The van der Waals surface area contributed by atoms with Crippen LogP contribution >= 0.6 is 0 Å². The second kappa shape index (κ2) is 4.45. The zero-order valence-corrected chi connectivity index (χ0v) is 8.55. The van der Waals surface area contributed by atoms with Gasteiger partial charge in [0.25, 0.3) is 0 Å². The molecule has 0 aliphatic heterocycles. The molecule has 0 aliphatic carbocycles. The summed E-state index contributed by atoms with van der Waals surface area (Å²) in [6.07, 6.45) is 1.40. The third-order valence-electron chi connectivity index (χ3n) is 2.51. The van der Waals surface area contributed by atoms with Gasteiger partial charge in [-0.1, -0.05) is 13.8 Å². The lowest BCUT2D eigenvalue weighted by atomic mass is 9.92. The molecule has 0 saturated carbocycles. The van der Waals surface area contributed by atoms with E-state index in [2.05, 4.69) is 0 Å². The Balaban J connectivity index is 4.41. The van der Waals surface area contributed by atoms with E-state index < -0.39 is 5.54 Å². The highest BCUT2D eigenvalue weighted by Crippen LogP contribution is 2.13. The van der Waals surface area contributed by atoms with Gasteiger partial charge in [0.05, 0.1) is 5.54 Å². The summed E-state index contributed by atoms with van der Waals surface area (Å²) < 4.78 is 0. The third-order valence-corrected chi connectivity index (χ3v) is 2.51. The van der Waals surface area contributed by atoms with Gasteiger partial charge in [-0.15, -0.1) is 0 Å². The molecule has 12 heavy (non-hydrogen) atoms.